The Morgan fingerprint density at radius 2 is 1.69 bits per heavy atom. The number of hydrogen-bond acceptors (Lipinski definition) is 3. The van der Waals surface area contributed by atoms with Gasteiger partial charge in [-0.1, -0.05) is 24.3 Å². The van der Waals surface area contributed by atoms with E-state index in [2.05, 4.69) is 13.8 Å². The van der Waals surface area contributed by atoms with Gasteiger partial charge in [0, 0.05) is 35.1 Å². The zero-order valence-corrected chi connectivity index (χ0v) is 17.1. The summed E-state index contributed by atoms with van der Waals surface area (Å²) in [4.78, 5) is 28.8. The quantitative estimate of drug-likeness (QED) is 0.666. The molecular formula is C24H26N2O3. The minimum Gasteiger partial charge on any atom is -0.497 e. The number of carbonyl (C=O) groups excluding carboxylic acids is 1. The van der Waals surface area contributed by atoms with Crippen LogP contribution in [0.5, 0.6) is 5.75 Å². The van der Waals surface area contributed by atoms with Gasteiger partial charge >= 0.3 is 0 Å². The molecule has 150 valence electrons. The predicted molar refractivity (Wildman–Crippen MR) is 115 cm³/mol. The maximum absolute atomic E-state index is 13.6. The third-order valence-corrected chi connectivity index (χ3v) is 5.91. The smallest absolute Gasteiger partial charge is 0.262 e. The van der Waals surface area contributed by atoms with Crippen molar-refractivity contribution in [2.75, 3.05) is 7.11 Å². The molecule has 0 unspecified atom stereocenters. The van der Waals surface area contributed by atoms with Crippen LogP contribution in [0, 0.1) is 0 Å². The molecule has 0 N–H and O–H groups in total. The average Bonchev–Trinajstić information content (AvgIpc) is 2.74. The van der Waals surface area contributed by atoms with Crippen LogP contribution in [-0.4, -0.2) is 34.6 Å². The normalized spacial score (nSPS) is 19.3. The number of hydrogen-bond donors (Lipinski definition) is 0. The van der Waals surface area contributed by atoms with Gasteiger partial charge in [-0.05, 0) is 51.3 Å². The Hall–Kier alpha value is -3.08. The number of rotatable bonds is 3. The van der Waals surface area contributed by atoms with Crippen LogP contribution in [-0.2, 0) is 0 Å². The molecule has 5 nitrogen and oxygen atoms in total. The number of piperidine rings is 1. The van der Waals surface area contributed by atoms with Gasteiger partial charge in [0.05, 0.1) is 18.4 Å². The van der Waals surface area contributed by atoms with Crippen molar-refractivity contribution in [3.05, 3.63) is 70.6 Å². The summed E-state index contributed by atoms with van der Waals surface area (Å²) in [7, 11) is 1.59. The Labute approximate surface area is 170 Å². The van der Waals surface area contributed by atoms with Crippen molar-refractivity contribution in [2.24, 2.45) is 0 Å². The maximum atomic E-state index is 13.6. The lowest BCUT2D eigenvalue weighted by molar-refractivity contribution is 0.0512. The molecule has 3 aromatic rings. The molecule has 1 fully saturated rings. The maximum Gasteiger partial charge on any atom is 0.262 e. The fourth-order valence-electron chi connectivity index (χ4n) is 4.37. The first-order chi connectivity index (χ1) is 14.0. The fourth-order valence-corrected chi connectivity index (χ4v) is 4.37. The molecule has 1 aromatic heterocycles. The molecule has 1 saturated heterocycles. The summed E-state index contributed by atoms with van der Waals surface area (Å²) in [5.74, 6) is 0.645. The van der Waals surface area contributed by atoms with Gasteiger partial charge in [-0.2, -0.15) is 0 Å². The minimum absolute atomic E-state index is 0.0162. The van der Waals surface area contributed by atoms with Crippen LogP contribution < -0.4 is 10.3 Å². The SMILES string of the molecule is COc1cccc(-n2cc(C(=O)N3[C@@H](C)CCC[C@@H]3C)c3ccccc3c2=O)c1. The number of aromatic nitrogens is 1. The summed E-state index contributed by atoms with van der Waals surface area (Å²) in [6.07, 6.45) is 4.83. The average molecular weight is 390 g/mol. The second kappa shape index (κ2) is 7.74. The van der Waals surface area contributed by atoms with E-state index in [0.717, 1.165) is 19.3 Å². The number of amides is 1. The van der Waals surface area contributed by atoms with E-state index in [4.69, 9.17) is 4.74 Å². The molecule has 1 aliphatic heterocycles. The second-order valence-electron chi connectivity index (χ2n) is 7.81. The van der Waals surface area contributed by atoms with Gasteiger partial charge in [0.2, 0.25) is 0 Å². The number of benzene rings is 2. The third-order valence-electron chi connectivity index (χ3n) is 5.91. The molecule has 2 atom stereocenters. The van der Waals surface area contributed by atoms with E-state index < -0.39 is 0 Å². The highest BCUT2D eigenvalue weighted by atomic mass is 16.5. The first-order valence-electron chi connectivity index (χ1n) is 10.1. The van der Waals surface area contributed by atoms with Crippen LogP contribution in [0.25, 0.3) is 16.5 Å². The van der Waals surface area contributed by atoms with Crippen molar-refractivity contribution in [1.29, 1.82) is 0 Å². The molecule has 1 aliphatic rings. The Kier molecular flexibility index (Phi) is 5.14. The van der Waals surface area contributed by atoms with Crippen LogP contribution in [0.15, 0.2) is 59.5 Å². The van der Waals surface area contributed by atoms with E-state index in [1.54, 1.807) is 30.0 Å². The molecule has 2 heterocycles. The largest absolute Gasteiger partial charge is 0.497 e. The number of fused-ring (bicyclic) bond motifs is 1. The fraction of sp³-hybridized carbons (Fsp3) is 0.333. The Morgan fingerprint density at radius 1 is 1.00 bits per heavy atom. The van der Waals surface area contributed by atoms with Crippen LogP contribution in [0.3, 0.4) is 0 Å². The number of methoxy groups -OCH3 is 1. The molecule has 0 aliphatic carbocycles. The lowest BCUT2D eigenvalue weighted by Gasteiger charge is -2.39. The molecule has 0 bridgehead atoms. The highest BCUT2D eigenvalue weighted by molar-refractivity contribution is 6.06. The van der Waals surface area contributed by atoms with Gasteiger partial charge in [-0.3, -0.25) is 14.2 Å². The van der Waals surface area contributed by atoms with E-state index in [1.165, 1.54) is 0 Å². The Bertz CT molecular complexity index is 1110. The van der Waals surface area contributed by atoms with E-state index in [9.17, 15) is 9.59 Å². The van der Waals surface area contributed by atoms with Crippen LogP contribution in [0.2, 0.25) is 0 Å². The lowest BCUT2D eigenvalue weighted by atomic mass is 9.95. The molecular weight excluding hydrogens is 364 g/mol. The van der Waals surface area contributed by atoms with E-state index >= 15 is 0 Å². The second-order valence-corrected chi connectivity index (χ2v) is 7.81. The zero-order valence-electron chi connectivity index (χ0n) is 17.1. The summed E-state index contributed by atoms with van der Waals surface area (Å²) < 4.78 is 6.87. The highest BCUT2D eigenvalue weighted by Gasteiger charge is 2.31. The Balaban J connectivity index is 1.93. The number of pyridine rings is 1. The summed E-state index contributed by atoms with van der Waals surface area (Å²) >= 11 is 0. The van der Waals surface area contributed by atoms with E-state index in [-0.39, 0.29) is 23.6 Å². The molecule has 0 spiro atoms. The molecule has 2 aromatic carbocycles. The van der Waals surface area contributed by atoms with Crippen molar-refractivity contribution in [1.82, 2.24) is 9.47 Å². The van der Waals surface area contributed by atoms with Crippen molar-refractivity contribution in [3.63, 3.8) is 0 Å². The van der Waals surface area contributed by atoms with Crippen molar-refractivity contribution in [2.45, 2.75) is 45.2 Å². The molecule has 29 heavy (non-hydrogen) atoms. The number of ether oxygens (including phenoxy) is 1. The first-order valence-corrected chi connectivity index (χ1v) is 10.1. The van der Waals surface area contributed by atoms with Crippen LogP contribution in [0.1, 0.15) is 43.5 Å². The summed E-state index contributed by atoms with van der Waals surface area (Å²) in [6, 6.07) is 15.0. The van der Waals surface area contributed by atoms with Crippen molar-refractivity contribution in [3.8, 4) is 11.4 Å². The predicted octanol–water partition coefficient (Wildman–Crippen LogP) is 4.40. The highest BCUT2D eigenvalue weighted by Crippen LogP contribution is 2.27. The van der Waals surface area contributed by atoms with Gasteiger partial charge in [0.15, 0.2) is 0 Å². The van der Waals surface area contributed by atoms with Gasteiger partial charge in [0.25, 0.3) is 11.5 Å². The Morgan fingerprint density at radius 3 is 2.38 bits per heavy atom. The monoisotopic (exact) mass is 390 g/mol. The van der Waals surface area contributed by atoms with Crippen molar-refractivity contribution >= 4 is 16.7 Å². The molecule has 0 radical (unpaired) electrons. The topological polar surface area (TPSA) is 51.5 Å². The standard InChI is InChI=1S/C24H26N2O3/c1-16-8-6-9-17(2)26(16)24(28)22-15-25(18-10-7-11-19(14-18)29-3)23(27)21-13-5-4-12-20(21)22/h4-5,7,10-17H,6,8-9H2,1-3H3/t16-,17-/m0/s1. The van der Waals surface area contributed by atoms with Gasteiger partial charge in [0.1, 0.15) is 5.75 Å². The third kappa shape index (κ3) is 3.41. The summed E-state index contributed by atoms with van der Waals surface area (Å²) in [5.41, 5.74) is 1.09. The van der Waals surface area contributed by atoms with Crippen LogP contribution in [0.4, 0.5) is 0 Å². The van der Waals surface area contributed by atoms with Gasteiger partial charge in [-0.25, -0.2) is 0 Å². The lowest BCUT2D eigenvalue weighted by Crippen LogP contribution is -2.47. The van der Waals surface area contributed by atoms with Gasteiger partial charge in [-0.15, -0.1) is 0 Å². The van der Waals surface area contributed by atoms with E-state index in [0.29, 0.717) is 27.8 Å². The summed E-state index contributed by atoms with van der Waals surface area (Å²) in [6.45, 7) is 4.21. The zero-order chi connectivity index (χ0) is 20.5. The molecule has 5 heteroatoms. The molecule has 4 rings (SSSR count). The number of carbonyl (C=O) groups is 1. The number of likely N-dealkylation sites (tertiary alicyclic amines) is 1. The van der Waals surface area contributed by atoms with Crippen molar-refractivity contribution < 1.29 is 9.53 Å². The minimum atomic E-state index is -0.148. The van der Waals surface area contributed by atoms with Gasteiger partial charge < -0.3 is 9.64 Å². The first kappa shape index (κ1) is 19.2. The van der Waals surface area contributed by atoms with E-state index in [1.807, 2.05) is 41.3 Å². The number of nitrogens with zero attached hydrogens (tertiary/aromatic N) is 2. The molecule has 0 saturated carbocycles. The molecule has 1 amide bonds. The van der Waals surface area contributed by atoms with Crippen LogP contribution >= 0.6 is 0 Å². The summed E-state index contributed by atoms with van der Waals surface area (Å²) in [5, 5.41) is 1.24.